The molecule has 0 N–H and O–H groups in total. The third-order valence-electron chi connectivity index (χ3n) is 8.97. The smallest absolute Gasteiger partial charge is 0.119 e. The summed E-state index contributed by atoms with van der Waals surface area (Å²) in [6.45, 7) is 1.61. The minimum Gasteiger partial charge on any atom is -1.00 e. The van der Waals surface area contributed by atoms with Gasteiger partial charge in [-0.05, 0) is 114 Å². The second-order valence-electron chi connectivity index (χ2n) is 12.8. The molecule has 1 unspecified atom stereocenters. The Balaban J connectivity index is 0.00000529. The van der Waals surface area contributed by atoms with Crippen LogP contribution in [-0.2, 0) is 0 Å². The SMILES string of the molecule is CN(C)CCOc1ccc(/C(=C(/CCCCCCCCCC[PH2+]C2CCCCC2)c2ccccc2)c2ccccc2)cc1.[Br-]. The molecule has 1 fully saturated rings. The molecule has 1 aliphatic carbocycles. The topological polar surface area (TPSA) is 12.5 Å². The average Bonchev–Trinajstić information content (AvgIpc) is 3.05. The molecule has 0 bridgehead atoms. The van der Waals surface area contributed by atoms with Gasteiger partial charge < -0.3 is 26.6 Å². The molecule has 0 radical (unpaired) electrons. The van der Waals surface area contributed by atoms with E-state index in [2.05, 4.69) is 104 Å². The largest absolute Gasteiger partial charge is 1.00 e. The Kier molecular flexibility index (Phi) is 18.1. The first-order chi connectivity index (χ1) is 21.2. The quantitative estimate of drug-likeness (QED) is 0.0728. The molecule has 0 aliphatic heterocycles. The minimum atomic E-state index is 0. The van der Waals surface area contributed by atoms with Gasteiger partial charge in [-0.3, -0.25) is 0 Å². The summed E-state index contributed by atoms with van der Waals surface area (Å²) in [6.07, 6.45) is 21.3. The molecule has 0 saturated heterocycles. The van der Waals surface area contributed by atoms with E-state index in [-0.39, 0.29) is 17.0 Å². The molecule has 0 spiro atoms. The molecule has 0 amide bonds. The fraction of sp³-hybridized carbons (Fsp3) is 0.500. The summed E-state index contributed by atoms with van der Waals surface area (Å²) in [5, 5.41) is 0. The Labute approximate surface area is 281 Å². The van der Waals surface area contributed by atoms with Crippen LogP contribution in [0.4, 0.5) is 0 Å². The Morgan fingerprint density at radius 3 is 1.82 bits per heavy atom. The van der Waals surface area contributed by atoms with Gasteiger partial charge in [0.15, 0.2) is 0 Å². The Morgan fingerprint density at radius 2 is 1.20 bits per heavy atom. The second-order valence-corrected chi connectivity index (χ2v) is 14.8. The third kappa shape index (κ3) is 13.2. The van der Waals surface area contributed by atoms with E-state index in [0.717, 1.165) is 33.0 Å². The van der Waals surface area contributed by atoms with Crippen molar-refractivity contribution < 1.29 is 21.7 Å². The van der Waals surface area contributed by atoms with Gasteiger partial charge in [0.2, 0.25) is 0 Å². The fourth-order valence-corrected chi connectivity index (χ4v) is 8.41. The van der Waals surface area contributed by atoms with Crippen LogP contribution in [0.1, 0.15) is 107 Å². The van der Waals surface area contributed by atoms with Crippen molar-refractivity contribution in [3.63, 3.8) is 0 Å². The first-order valence-corrected chi connectivity index (χ1v) is 18.7. The zero-order valence-electron chi connectivity index (χ0n) is 27.5. The van der Waals surface area contributed by atoms with Crippen LogP contribution >= 0.6 is 8.58 Å². The summed E-state index contributed by atoms with van der Waals surface area (Å²) in [7, 11) is 4.89. The van der Waals surface area contributed by atoms with Crippen molar-refractivity contribution in [2.24, 2.45) is 0 Å². The number of rotatable bonds is 19. The normalized spacial score (nSPS) is 14.5. The van der Waals surface area contributed by atoms with Gasteiger partial charge in [0.1, 0.15) is 12.4 Å². The van der Waals surface area contributed by atoms with Gasteiger partial charge in [-0.25, -0.2) is 0 Å². The maximum absolute atomic E-state index is 6.01. The molecule has 240 valence electrons. The first kappa shape index (κ1) is 36.5. The van der Waals surface area contributed by atoms with Crippen LogP contribution in [-0.4, -0.2) is 44.0 Å². The molecule has 1 aliphatic rings. The molecule has 0 aromatic heterocycles. The standard InChI is InChI=1S/C40H56NOP.BrH/c1-41(2)31-32-42-37-29-27-36(28-30-37)40(35-22-14-10-15-23-35)39(34-20-12-9-13-21-34)26-18-7-5-3-4-6-8-19-33-43-38-24-16-11-17-25-38;/h9-10,12-15,20-23,27-30,38,43H,3-8,11,16-19,24-26,31-33H2,1-2H3;1H/b40-39-;. The lowest BCUT2D eigenvalue weighted by Gasteiger charge is -2.18. The van der Waals surface area contributed by atoms with Crippen molar-refractivity contribution in [3.8, 4) is 5.75 Å². The molecule has 4 rings (SSSR count). The fourth-order valence-electron chi connectivity index (χ4n) is 6.47. The van der Waals surface area contributed by atoms with E-state index in [4.69, 9.17) is 4.74 Å². The summed E-state index contributed by atoms with van der Waals surface area (Å²) in [6, 6.07) is 30.8. The zero-order chi connectivity index (χ0) is 30.0. The minimum absolute atomic E-state index is 0. The number of benzene rings is 3. The van der Waals surface area contributed by atoms with E-state index in [1.165, 1.54) is 98.5 Å². The van der Waals surface area contributed by atoms with Crippen LogP contribution in [0.15, 0.2) is 84.9 Å². The molecule has 2 nitrogen and oxygen atoms in total. The third-order valence-corrected chi connectivity index (χ3v) is 11.0. The van der Waals surface area contributed by atoms with Crippen LogP contribution < -0.4 is 21.7 Å². The lowest BCUT2D eigenvalue weighted by molar-refractivity contribution is -0.00000932. The summed E-state index contributed by atoms with van der Waals surface area (Å²) < 4.78 is 6.01. The number of nitrogens with zero attached hydrogens (tertiary/aromatic N) is 1. The van der Waals surface area contributed by atoms with Gasteiger partial charge in [-0.2, -0.15) is 0 Å². The van der Waals surface area contributed by atoms with E-state index in [1.807, 2.05) is 0 Å². The van der Waals surface area contributed by atoms with Crippen LogP contribution in [0.5, 0.6) is 5.75 Å². The first-order valence-electron chi connectivity index (χ1n) is 17.3. The molecule has 1 saturated carbocycles. The van der Waals surface area contributed by atoms with Crippen molar-refractivity contribution in [3.05, 3.63) is 102 Å². The van der Waals surface area contributed by atoms with Crippen molar-refractivity contribution in [1.29, 1.82) is 0 Å². The van der Waals surface area contributed by atoms with Gasteiger partial charge in [0.25, 0.3) is 0 Å². The highest BCUT2D eigenvalue weighted by Gasteiger charge is 2.17. The van der Waals surface area contributed by atoms with Crippen molar-refractivity contribution in [1.82, 2.24) is 4.90 Å². The van der Waals surface area contributed by atoms with Gasteiger partial charge in [-0.15, -0.1) is 0 Å². The Morgan fingerprint density at radius 1 is 0.659 bits per heavy atom. The molecule has 1 atom stereocenters. The number of hydrogen-bond acceptors (Lipinski definition) is 2. The average molecular weight is 679 g/mol. The van der Waals surface area contributed by atoms with Crippen molar-refractivity contribution >= 4 is 19.7 Å². The van der Waals surface area contributed by atoms with Crippen LogP contribution in [0.3, 0.4) is 0 Å². The monoisotopic (exact) mass is 677 g/mol. The number of halogens is 1. The van der Waals surface area contributed by atoms with E-state index in [1.54, 1.807) is 19.0 Å². The van der Waals surface area contributed by atoms with E-state index < -0.39 is 0 Å². The summed E-state index contributed by atoms with van der Waals surface area (Å²) in [4.78, 5) is 2.15. The molecule has 3 aromatic carbocycles. The molecular formula is C40H57BrNOP. The van der Waals surface area contributed by atoms with Crippen molar-refractivity contribution in [2.45, 2.75) is 95.6 Å². The molecular weight excluding hydrogens is 621 g/mol. The van der Waals surface area contributed by atoms with Crippen LogP contribution in [0, 0.1) is 0 Å². The van der Waals surface area contributed by atoms with Gasteiger partial charge in [0.05, 0.1) is 11.8 Å². The Bertz CT molecular complexity index is 1170. The van der Waals surface area contributed by atoms with Crippen molar-refractivity contribution in [2.75, 3.05) is 33.4 Å². The lowest BCUT2D eigenvalue weighted by Crippen LogP contribution is -3.00. The van der Waals surface area contributed by atoms with E-state index >= 15 is 0 Å². The lowest BCUT2D eigenvalue weighted by atomic mass is 9.86. The molecule has 3 aromatic rings. The van der Waals surface area contributed by atoms with Crippen LogP contribution in [0.2, 0.25) is 0 Å². The number of likely N-dealkylation sites (N-methyl/N-ethyl adjacent to an activating group) is 1. The highest BCUT2D eigenvalue weighted by atomic mass is 79.9. The summed E-state index contributed by atoms with van der Waals surface area (Å²) >= 11 is 0. The number of hydrogen-bond donors (Lipinski definition) is 0. The number of unbranched alkanes of at least 4 members (excludes halogenated alkanes) is 7. The maximum Gasteiger partial charge on any atom is 0.119 e. The van der Waals surface area contributed by atoms with Gasteiger partial charge >= 0.3 is 0 Å². The zero-order valence-corrected chi connectivity index (χ0v) is 30.2. The predicted molar refractivity (Wildman–Crippen MR) is 192 cm³/mol. The highest BCUT2D eigenvalue weighted by molar-refractivity contribution is 7.38. The predicted octanol–water partition coefficient (Wildman–Crippen LogP) is 7.84. The summed E-state index contributed by atoms with van der Waals surface area (Å²) in [5.74, 6) is 0.935. The molecule has 4 heteroatoms. The van der Waals surface area contributed by atoms with E-state index in [0.29, 0.717) is 6.61 Å². The van der Waals surface area contributed by atoms with Gasteiger partial charge in [-0.1, -0.05) is 111 Å². The van der Waals surface area contributed by atoms with E-state index in [9.17, 15) is 0 Å². The molecule has 44 heavy (non-hydrogen) atoms. The number of allylic oxidation sites excluding steroid dienone is 1. The second kappa shape index (κ2) is 21.7. The number of ether oxygens (including phenoxy) is 1. The summed E-state index contributed by atoms with van der Waals surface area (Å²) in [5.41, 5.74) is 7.82. The van der Waals surface area contributed by atoms with Crippen LogP contribution in [0.25, 0.3) is 11.1 Å². The maximum atomic E-state index is 6.01. The highest BCUT2D eigenvalue weighted by Crippen LogP contribution is 2.36. The Hall–Kier alpha value is -1.93. The van der Waals surface area contributed by atoms with Gasteiger partial charge in [0, 0.05) is 6.54 Å². The molecule has 0 heterocycles.